The zero-order chi connectivity index (χ0) is 24.3. The second kappa shape index (κ2) is 9.48. The van der Waals surface area contributed by atoms with Crippen LogP contribution >= 0.6 is 11.6 Å². The maximum absolute atomic E-state index is 12.9. The molecule has 0 saturated carbocycles. The molecule has 0 aliphatic heterocycles. The van der Waals surface area contributed by atoms with Crippen molar-refractivity contribution in [2.24, 2.45) is 0 Å². The molecular formula is C24H18ClF3N4O2. The van der Waals surface area contributed by atoms with Gasteiger partial charge >= 0.3 is 6.18 Å². The van der Waals surface area contributed by atoms with E-state index < -0.39 is 17.6 Å². The number of alkyl halides is 3. The molecule has 4 aromatic rings. The molecule has 2 heterocycles. The van der Waals surface area contributed by atoms with Crippen LogP contribution in [0.5, 0.6) is 11.5 Å². The van der Waals surface area contributed by atoms with E-state index in [1.807, 2.05) is 31.2 Å². The van der Waals surface area contributed by atoms with Crippen LogP contribution in [0.4, 0.5) is 18.9 Å². The number of nitrogens with zero attached hydrogens (tertiary/aromatic N) is 2. The smallest absolute Gasteiger partial charge is 0.417 e. The van der Waals surface area contributed by atoms with Crippen molar-refractivity contribution in [3.8, 4) is 17.3 Å². The van der Waals surface area contributed by atoms with E-state index in [1.165, 1.54) is 16.8 Å². The van der Waals surface area contributed by atoms with Gasteiger partial charge in [0.15, 0.2) is 5.82 Å². The number of hydrazine groups is 1. The Morgan fingerprint density at radius 1 is 1.03 bits per heavy atom. The van der Waals surface area contributed by atoms with Crippen LogP contribution in [0.1, 0.15) is 21.6 Å². The average molecular weight is 487 g/mol. The number of pyridine rings is 1. The van der Waals surface area contributed by atoms with Crippen molar-refractivity contribution in [3.05, 3.63) is 101 Å². The van der Waals surface area contributed by atoms with Crippen LogP contribution in [0, 0.1) is 6.92 Å². The number of hydrogen-bond acceptors (Lipinski definition) is 4. The Balaban J connectivity index is 1.42. The van der Waals surface area contributed by atoms with Crippen molar-refractivity contribution in [3.63, 3.8) is 0 Å². The Morgan fingerprint density at radius 3 is 2.47 bits per heavy atom. The highest BCUT2D eigenvalue weighted by Gasteiger charge is 2.32. The number of carbonyl (C=O) groups excluding carboxylic acids is 1. The van der Waals surface area contributed by atoms with Gasteiger partial charge in [0, 0.05) is 12.4 Å². The van der Waals surface area contributed by atoms with E-state index in [9.17, 15) is 18.0 Å². The van der Waals surface area contributed by atoms with Crippen LogP contribution in [0.25, 0.3) is 5.82 Å². The summed E-state index contributed by atoms with van der Waals surface area (Å²) in [6.45, 7) is 1.97. The zero-order valence-corrected chi connectivity index (χ0v) is 18.5. The molecule has 0 bridgehead atoms. The van der Waals surface area contributed by atoms with Crippen LogP contribution < -0.4 is 15.6 Å². The molecule has 0 aliphatic rings. The van der Waals surface area contributed by atoms with Gasteiger partial charge < -0.3 is 4.74 Å². The molecule has 10 heteroatoms. The lowest BCUT2D eigenvalue weighted by Crippen LogP contribution is -2.31. The first-order valence-electron chi connectivity index (χ1n) is 10.0. The number of benzene rings is 2. The number of hydrogen-bond donors (Lipinski definition) is 2. The molecule has 174 valence electrons. The van der Waals surface area contributed by atoms with Crippen LogP contribution in [-0.2, 0) is 6.18 Å². The van der Waals surface area contributed by atoms with Gasteiger partial charge in [-0.25, -0.2) is 4.98 Å². The van der Waals surface area contributed by atoms with Gasteiger partial charge in [-0.1, -0.05) is 23.7 Å². The van der Waals surface area contributed by atoms with Crippen molar-refractivity contribution in [1.82, 2.24) is 15.0 Å². The van der Waals surface area contributed by atoms with E-state index in [2.05, 4.69) is 15.8 Å². The van der Waals surface area contributed by atoms with Gasteiger partial charge in [0.1, 0.15) is 17.2 Å². The third kappa shape index (κ3) is 5.32. The highest BCUT2D eigenvalue weighted by molar-refractivity contribution is 6.32. The second-order valence-electron chi connectivity index (χ2n) is 7.31. The standard InChI is InChI=1S/C24H18ClF3N4O2/c1-15-4-2-5-19(12-15)34-18-9-7-17(8-10-18)30-31-23(33)21-6-3-11-32(21)22-20(25)13-16(14-29-22)24(26,27)28/h2-14,30H,1H3,(H,31,33). The summed E-state index contributed by atoms with van der Waals surface area (Å²) < 4.78 is 45.7. The Labute approximate surface area is 197 Å². The number of aromatic nitrogens is 2. The van der Waals surface area contributed by atoms with Gasteiger partial charge in [0.25, 0.3) is 5.91 Å². The number of ether oxygens (including phenoxy) is 1. The summed E-state index contributed by atoms with van der Waals surface area (Å²) in [7, 11) is 0. The molecule has 2 aromatic heterocycles. The van der Waals surface area contributed by atoms with Crippen molar-refractivity contribution < 1.29 is 22.7 Å². The second-order valence-corrected chi connectivity index (χ2v) is 7.72. The maximum atomic E-state index is 12.9. The molecule has 4 rings (SSSR count). The fourth-order valence-electron chi connectivity index (χ4n) is 3.13. The van der Waals surface area contributed by atoms with Gasteiger partial charge in [-0.3, -0.25) is 20.2 Å². The summed E-state index contributed by atoms with van der Waals surface area (Å²) in [6, 6.07) is 18.4. The molecule has 1 amide bonds. The first-order valence-corrected chi connectivity index (χ1v) is 10.4. The van der Waals surface area contributed by atoms with Crippen LogP contribution in [0.3, 0.4) is 0 Å². The number of halogens is 4. The van der Waals surface area contributed by atoms with Gasteiger partial charge in [-0.15, -0.1) is 0 Å². The van der Waals surface area contributed by atoms with Gasteiger partial charge in [-0.2, -0.15) is 13.2 Å². The Morgan fingerprint density at radius 2 is 1.79 bits per heavy atom. The number of rotatable bonds is 6. The normalized spacial score (nSPS) is 11.2. The van der Waals surface area contributed by atoms with Crippen molar-refractivity contribution in [1.29, 1.82) is 0 Å². The van der Waals surface area contributed by atoms with Gasteiger partial charge in [-0.05, 0) is 67.1 Å². The van der Waals surface area contributed by atoms with Crippen molar-refractivity contribution >= 4 is 23.2 Å². The van der Waals surface area contributed by atoms with Gasteiger partial charge in [0.2, 0.25) is 0 Å². The minimum atomic E-state index is -4.57. The number of nitrogens with one attached hydrogen (secondary N) is 2. The SMILES string of the molecule is Cc1cccc(Oc2ccc(NNC(=O)c3cccn3-c3ncc(C(F)(F)F)cc3Cl)cc2)c1. The van der Waals surface area contributed by atoms with E-state index in [0.717, 1.165) is 11.6 Å². The largest absolute Gasteiger partial charge is 0.457 e. The Bertz CT molecular complexity index is 1320. The first kappa shape index (κ1) is 23.2. The van der Waals surface area contributed by atoms with E-state index in [1.54, 1.807) is 30.3 Å². The average Bonchev–Trinajstić information content (AvgIpc) is 3.27. The van der Waals surface area contributed by atoms with E-state index in [-0.39, 0.29) is 16.5 Å². The molecule has 0 atom stereocenters. The quantitative estimate of drug-likeness (QED) is 0.309. The molecule has 34 heavy (non-hydrogen) atoms. The lowest BCUT2D eigenvalue weighted by Gasteiger charge is -2.13. The fraction of sp³-hybridized carbons (Fsp3) is 0.0833. The Kier molecular flexibility index (Phi) is 6.47. The minimum Gasteiger partial charge on any atom is -0.457 e. The topological polar surface area (TPSA) is 68.2 Å². The minimum absolute atomic E-state index is 0.00228. The molecule has 0 fully saturated rings. The predicted molar refractivity (Wildman–Crippen MR) is 122 cm³/mol. The molecule has 0 spiro atoms. The molecule has 0 aliphatic carbocycles. The van der Waals surface area contributed by atoms with Crippen molar-refractivity contribution in [2.75, 3.05) is 5.43 Å². The van der Waals surface area contributed by atoms with E-state index >= 15 is 0 Å². The summed E-state index contributed by atoms with van der Waals surface area (Å²) in [6.07, 6.45) is -2.42. The lowest BCUT2D eigenvalue weighted by atomic mass is 10.2. The summed E-state index contributed by atoms with van der Waals surface area (Å²) >= 11 is 6.02. The number of aryl methyl sites for hydroxylation is 1. The molecule has 0 saturated heterocycles. The molecule has 2 aromatic carbocycles. The summed E-state index contributed by atoms with van der Waals surface area (Å²) in [5.74, 6) is 0.801. The number of amides is 1. The summed E-state index contributed by atoms with van der Waals surface area (Å²) in [5, 5.41) is -0.239. The van der Waals surface area contributed by atoms with E-state index in [4.69, 9.17) is 16.3 Å². The molecule has 6 nitrogen and oxygen atoms in total. The van der Waals surface area contributed by atoms with Crippen molar-refractivity contribution in [2.45, 2.75) is 13.1 Å². The van der Waals surface area contributed by atoms with Crippen LogP contribution in [0.15, 0.2) is 79.1 Å². The Hall–Kier alpha value is -3.98. The highest BCUT2D eigenvalue weighted by Crippen LogP contribution is 2.32. The summed E-state index contributed by atoms with van der Waals surface area (Å²) in [5.41, 5.74) is 6.15. The van der Waals surface area contributed by atoms with Crippen LogP contribution in [-0.4, -0.2) is 15.5 Å². The highest BCUT2D eigenvalue weighted by atomic mass is 35.5. The fourth-order valence-corrected chi connectivity index (χ4v) is 3.39. The molecule has 0 radical (unpaired) electrons. The monoisotopic (exact) mass is 486 g/mol. The molecule has 0 unspecified atom stereocenters. The zero-order valence-electron chi connectivity index (χ0n) is 17.7. The van der Waals surface area contributed by atoms with E-state index in [0.29, 0.717) is 23.4 Å². The third-order valence-electron chi connectivity index (χ3n) is 4.76. The number of anilines is 1. The number of carbonyl (C=O) groups is 1. The van der Waals surface area contributed by atoms with Crippen LogP contribution in [0.2, 0.25) is 5.02 Å². The predicted octanol–water partition coefficient (Wildman–Crippen LogP) is 6.40. The lowest BCUT2D eigenvalue weighted by molar-refractivity contribution is -0.137. The molecule has 2 N–H and O–H groups in total. The molecular weight excluding hydrogens is 469 g/mol. The first-order chi connectivity index (χ1) is 16.2. The third-order valence-corrected chi connectivity index (χ3v) is 5.04. The summed E-state index contributed by atoms with van der Waals surface area (Å²) in [4.78, 5) is 16.5. The maximum Gasteiger partial charge on any atom is 0.417 e. The van der Waals surface area contributed by atoms with Gasteiger partial charge in [0.05, 0.1) is 16.3 Å².